The van der Waals surface area contributed by atoms with Gasteiger partial charge in [0.1, 0.15) is 20.2 Å². The standard InChI is InChI=1S/C24H32N2O4.2C7H8O3S/c25-21(17-19-11-5-3-6-12-19)23(27)29-15-9-1-2-10-16-30-24(28)22(26)18-20-13-7-4-8-14-20;2*1-6-2-4-7(5-3-6)11(8,9)10/h3-8,11-14,21-22H,1-2,9-10,15-18,25-26H2;2*2-5H,1H3,(H,8,9,10)/t21-,22-;;/m0../s1. The van der Waals surface area contributed by atoms with Gasteiger partial charge in [0.25, 0.3) is 0 Å². The van der Waals surface area contributed by atoms with Crippen molar-refractivity contribution in [2.24, 2.45) is 0 Å². The van der Waals surface area contributed by atoms with Crippen LogP contribution >= 0.6 is 0 Å². The fraction of sp³-hybridized carbons (Fsp3) is 0.316. The molecule has 0 unspecified atom stereocenters. The van der Waals surface area contributed by atoms with Crippen molar-refractivity contribution in [1.82, 2.24) is 0 Å². The molecule has 0 amide bonds. The van der Waals surface area contributed by atoms with Gasteiger partial charge < -0.3 is 30.0 Å². The molecular formula is C38H48N2O10S2. The maximum Gasteiger partial charge on any atom is 0.365 e. The summed E-state index contributed by atoms with van der Waals surface area (Å²) in [5.41, 5.74) is 11.8. The lowest BCUT2D eigenvalue weighted by atomic mass is 10.1. The first kappa shape index (κ1) is 43.7. The molecule has 4 aromatic rings. The quantitative estimate of drug-likeness (QED) is 0.102. The molecule has 4 rings (SSSR count). The van der Waals surface area contributed by atoms with Gasteiger partial charge in [0.05, 0.1) is 23.0 Å². The Morgan fingerprint density at radius 2 is 0.846 bits per heavy atom. The van der Waals surface area contributed by atoms with Crippen LogP contribution in [0.2, 0.25) is 0 Å². The van der Waals surface area contributed by atoms with E-state index < -0.39 is 32.3 Å². The molecule has 52 heavy (non-hydrogen) atoms. The Hall–Kier alpha value is -4.44. The van der Waals surface area contributed by atoms with Gasteiger partial charge in [-0.1, -0.05) is 96.1 Å². The molecule has 0 aromatic heterocycles. The number of esters is 2. The number of carbonyl (C=O) groups is 2. The number of aryl methyl sites for hydroxylation is 2. The minimum atomic E-state index is -4.27. The number of unbranched alkanes of at least 4 members (excludes halogenated alkanes) is 3. The van der Waals surface area contributed by atoms with E-state index in [2.05, 4.69) is 11.5 Å². The molecule has 0 spiro atoms. The third-order valence-corrected chi connectivity index (χ3v) is 9.16. The highest BCUT2D eigenvalue weighted by Gasteiger charge is 2.20. The lowest BCUT2D eigenvalue weighted by Crippen LogP contribution is -2.66. The first-order valence-corrected chi connectivity index (χ1v) is 19.5. The summed E-state index contributed by atoms with van der Waals surface area (Å²) >= 11 is 0. The van der Waals surface area contributed by atoms with Crippen molar-refractivity contribution in [2.75, 3.05) is 13.2 Å². The molecular weight excluding hydrogens is 709 g/mol. The Kier molecular flexibility index (Phi) is 18.9. The zero-order valence-corrected chi connectivity index (χ0v) is 31.2. The molecule has 0 aliphatic rings. The fourth-order valence-corrected chi connectivity index (χ4v) is 5.45. The van der Waals surface area contributed by atoms with Crippen LogP contribution in [-0.4, -0.2) is 63.2 Å². The van der Waals surface area contributed by atoms with E-state index in [4.69, 9.17) is 9.47 Å². The third kappa shape index (κ3) is 18.2. The molecule has 0 aliphatic heterocycles. The van der Waals surface area contributed by atoms with Gasteiger partial charge >= 0.3 is 11.9 Å². The van der Waals surface area contributed by atoms with Gasteiger partial charge in [-0.15, -0.1) is 0 Å². The maximum absolute atomic E-state index is 12.0. The summed E-state index contributed by atoms with van der Waals surface area (Å²) in [7, 11) is -8.54. The zero-order chi connectivity index (χ0) is 38.6. The van der Waals surface area contributed by atoms with Gasteiger partial charge in [-0.05, 0) is 74.9 Å². The second kappa shape index (κ2) is 22.5. The van der Waals surface area contributed by atoms with Crippen LogP contribution in [0.4, 0.5) is 0 Å². The van der Waals surface area contributed by atoms with Crippen molar-refractivity contribution < 1.29 is 56.5 Å². The minimum absolute atomic E-state index is 0.178. The summed E-state index contributed by atoms with van der Waals surface area (Å²) < 4.78 is 73.0. The van der Waals surface area contributed by atoms with E-state index in [-0.39, 0.29) is 21.7 Å². The Bertz CT molecular complexity index is 1720. The van der Waals surface area contributed by atoms with Crippen LogP contribution in [0.1, 0.15) is 47.9 Å². The maximum atomic E-state index is 12.0. The SMILES string of the molecule is Cc1ccc(S(=O)(=O)[O-])cc1.Cc1ccc(S(=O)(=O)[O-])cc1.[NH3+][C@@H](Cc1ccccc1)C(=O)OCCCCCCOC(=O)[C@@H]([NH3+])Cc1ccccc1. The number of rotatable bonds is 15. The molecule has 0 fully saturated rings. The number of benzene rings is 4. The number of ether oxygens (including phenoxy) is 2. The monoisotopic (exact) mass is 756 g/mol. The fourth-order valence-electron chi connectivity index (χ4n) is 4.51. The van der Waals surface area contributed by atoms with Crippen molar-refractivity contribution in [3.05, 3.63) is 131 Å². The summed E-state index contributed by atoms with van der Waals surface area (Å²) in [6.45, 7) is 4.44. The average molecular weight is 757 g/mol. The van der Waals surface area contributed by atoms with Gasteiger partial charge in [-0.3, -0.25) is 0 Å². The highest BCUT2D eigenvalue weighted by atomic mass is 32.2. The first-order valence-electron chi connectivity index (χ1n) is 16.7. The van der Waals surface area contributed by atoms with Crippen LogP contribution in [0.3, 0.4) is 0 Å². The predicted octanol–water partition coefficient (Wildman–Crippen LogP) is 3.14. The molecule has 0 bridgehead atoms. The Balaban J connectivity index is 0.000000344. The topological polar surface area (TPSA) is 222 Å². The van der Waals surface area contributed by atoms with Gasteiger partial charge in [0, 0.05) is 12.8 Å². The smallest absolute Gasteiger partial charge is 0.365 e. The number of quaternary nitrogens is 2. The van der Waals surface area contributed by atoms with Crippen molar-refractivity contribution in [3.8, 4) is 0 Å². The van der Waals surface area contributed by atoms with Crippen LogP contribution in [0.5, 0.6) is 0 Å². The zero-order valence-electron chi connectivity index (χ0n) is 29.5. The van der Waals surface area contributed by atoms with Crippen LogP contribution < -0.4 is 11.5 Å². The molecule has 2 atom stereocenters. The number of hydrogen-bond acceptors (Lipinski definition) is 10. The average Bonchev–Trinajstić information content (AvgIpc) is 3.10. The lowest BCUT2D eigenvalue weighted by Gasteiger charge is -2.10. The third-order valence-electron chi connectivity index (χ3n) is 7.46. The highest BCUT2D eigenvalue weighted by molar-refractivity contribution is 7.86. The van der Waals surface area contributed by atoms with Crippen molar-refractivity contribution in [3.63, 3.8) is 0 Å². The van der Waals surface area contributed by atoms with E-state index in [1.807, 2.05) is 74.5 Å². The molecule has 0 aliphatic carbocycles. The number of hydrogen-bond donors (Lipinski definition) is 2. The van der Waals surface area contributed by atoms with Gasteiger partial charge in [0.15, 0.2) is 12.1 Å². The Morgan fingerprint density at radius 3 is 1.13 bits per heavy atom. The molecule has 0 saturated carbocycles. The van der Waals surface area contributed by atoms with Crippen molar-refractivity contribution in [1.29, 1.82) is 0 Å². The molecule has 282 valence electrons. The van der Waals surface area contributed by atoms with Crippen molar-refractivity contribution in [2.45, 2.75) is 74.2 Å². The second-order valence-electron chi connectivity index (χ2n) is 12.1. The van der Waals surface area contributed by atoms with E-state index in [0.717, 1.165) is 47.9 Å². The summed E-state index contributed by atoms with van der Waals surface area (Å²) in [6.07, 6.45) is 4.60. The van der Waals surface area contributed by atoms with Gasteiger partial charge in [0.2, 0.25) is 0 Å². The second-order valence-corrected chi connectivity index (χ2v) is 14.8. The predicted molar refractivity (Wildman–Crippen MR) is 192 cm³/mol. The van der Waals surface area contributed by atoms with E-state index in [1.54, 1.807) is 24.3 Å². The Labute approximate surface area is 306 Å². The minimum Gasteiger partial charge on any atom is -0.744 e. The Morgan fingerprint density at radius 1 is 0.538 bits per heavy atom. The molecule has 0 heterocycles. The largest absolute Gasteiger partial charge is 0.744 e. The molecule has 12 nitrogen and oxygen atoms in total. The first-order chi connectivity index (χ1) is 24.6. The van der Waals surface area contributed by atoms with Crippen LogP contribution in [-0.2, 0) is 52.1 Å². The van der Waals surface area contributed by atoms with Crippen LogP contribution in [0.25, 0.3) is 0 Å². The van der Waals surface area contributed by atoms with E-state index >= 15 is 0 Å². The molecule has 0 saturated heterocycles. The van der Waals surface area contributed by atoms with E-state index in [0.29, 0.717) is 26.1 Å². The van der Waals surface area contributed by atoms with Gasteiger partial charge in [-0.25, -0.2) is 26.4 Å². The molecule has 4 aromatic carbocycles. The number of carbonyl (C=O) groups excluding carboxylic acids is 2. The van der Waals surface area contributed by atoms with E-state index in [1.165, 1.54) is 24.3 Å². The molecule has 0 radical (unpaired) electrons. The molecule has 6 N–H and O–H groups in total. The lowest BCUT2D eigenvalue weighted by molar-refractivity contribution is -0.408. The normalized spacial score (nSPS) is 12.2. The summed E-state index contributed by atoms with van der Waals surface area (Å²) in [4.78, 5) is 23.7. The van der Waals surface area contributed by atoms with E-state index in [9.17, 15) is 35.5 Å². The summed E-state index contributed by atoms with van der Waals surface area (Å²) in [6, 6.07) is 30.4. The van der Waals surface area contributed by atoms with Crippen LogP contribution in [0.15, 0.2) is 119 Å². The highest BCUT2D eigenvalue weighted by Crippen LogP contribution is 2.10. The van der Waals surface area contributed by atoms with Crippen molar-refractivity contribution >= 4 is 32.2 Å². The summed E-state index contributed by atoms with van der Waals surface area (Å²) in [5, 5.41) is 0. The summed E-state index contributed by atoms with van der Waals surface area (Å²) in [5.74, 6) is -0.514. The van der Waals surface area contributed by atoms with Gasteiger partial charge in [-0.2, -0.15) is 0 Å². The molecule has 14 heteroatoms. The van der Waals surface area contributed by atoms with Crippen LogP contribution in [0, 0.1) is 13.8 Å².